The number of piperidine rings is 1. The smallest absolute Gasteiger partial charge is 0.133 e. The number of anilines is 1. The maximum absolute atomic E-state index is 4.92. The van der Waals surface area contributed by atoms with E-state index in [1.54, 1.807) is 0 Å². The first-order chi connectivity index (χ1) is 10.0. The zero-order valence-corrected chi connectivity index (χ0v) is 13.9. The average molecular weight is 287 g/mol. The number of hydrogen-bond donors (Lipinski definition) is 1. The summed E-state index contributed by atoms with van der Waals surface area (Å²) in [5.74, 6) is 2.08. The molecule has 1 saturated carbocycles. The number of nitrogens with one attached hydrogen (secondary N) is 1. The minimum absolute atomic E-state index is 0.599. The number of rotatable bonds is 4. The van der Waals surface area contributed by atoms with E-state index in [1.165, 1.54) is 42.6 Å². The first-order valence-corrected chi connectivity index (χ1v) is 8.51. The second-order valence-electron chi connectivity index (χ2n) is 7.21. The van der Waals surface area contributed by atoms with Gasteiger partial charge in [0.15, 0.2) is 0 Å². The van der Waals surface area contributed by atoms with E-state index >= 15 is 0 Å². The Morgan fingerprint density at radius 1 is 1.24 bits per heavy atom. The molecular formula is C18H29N3. The van der Waals surface area contributed by atoms with Crippen molar-refractivity contribution < 1.29 is 0 Å². The van der Waals surface area contributed by atoms with E-state index in [4.69, 9.17) is 4.98 Å². The first-order valence-electron chi connectivity index (χ1n) is 8.51. The van der Waals surface area contributed by atoms with Crippen molar-refractivity contribution in [2.45, 2.75) is 72.0 Å². The summed E-state index contributed by atoms with van der Waals surface area (Å²) in [7, 11) is 0. The minimum atomic E-state index is 0.599. The van der Waals surface area contributed by atoms with Crippen LogP contribution in [0.5, 0.6) is 0 Å². The SMILES string of the molecule is Cc1cc(C)c(CNC2CC2)c(N2CCC(C)CC2C)n1. The maximum Gasteiger partial charge on any atom is 0.133 e. The standard InChI is InChI=1S/C18H29N3/c1-12-7-8-21(15(4)9-12)18-17(11-19-16-5-6-16)13(2)10-14(3)20-18/h10,12,15-16,19H,5-9,11H2,1-4H3. The van der Waals surface area contributed by atoms with Gasteiger partial charge in [-0.3, -0.25) is 0 Å². The Balaban J connectivity index is 1.87. The molecule has 3 rings (SSSR count). The highest BCUT2D eigenvalue weighted by atomic mass is 15.2. The molecule has 2 heterocycles. The van der Waals surface area contributed by atoms with Gasteiger partial charge in [-0.15, -0.1) is 0 Å². The number of hydrogen-bond acceptors (Lipinski definition) is 3. The number of aryl methyl sites for hydroxylation is 2. The Hall–Kier alpha value is -1.09. The fraction of sp³-hybridized carbons (Fsp3) is 0.722. The highest BCUT2D eigenvalue weighted by molar-refractivity contribution is 5.52. The average Bonchev–Trinajstić information content (AvgIpc) is 3.21. The molecule has 0 spiro atoms. The summed E-state index contributed by atoms with van der Waals surface area (Å²) in [5, 5.41) is 3.67. The van der Waals surface area contributed by atoms with Crippen LogP contribution >= 0.6 is 0 Å². The molecule has 0 bridgehead atoms. The van der Waals surface area contributed by atoms with Gasteiger partial charge in [0.2, 0.25) is 0 Å². The summed E-state index contributed by atoms with van der Waals surface area (Å²) in [6.45, 7) is 11.2. The lowest BCUT2D eigenvalue weighted by Gasteiger charge is -2.39. The fourth-order valence-electron chi connectivity index (χ4n) is 3.56. The predicted octanol–water partition coefficient (Wildman–Crippen LogP) is 3.58. The zero-order valence-electron chi connectivity index (χ0n) is 13.9. The molecule has 2 atom stereocenters. The van der Waals surface area contributed by atoms with Crippen LogP contribution in [0, 0.1) is 19.8 Å². The van der Waals surface area contributed by atoms with Crippen molar-refractivity contribution in [1.82, 2.24) is 10.3 Å². The molecule has 3 heteroatoms. The van der Waals surface area contributed by atoms with E-state index in [0.717, 1.165) is 30.7 Å². The summed E-state index contributed by atoms with van der Waals surface area (Å²) in [6.07, 6.45) is 5.25. The fourth-order valence-corrected chi connectivity index (χ4v) is 3.56. The van der Waals surface area contributed by atoms with Gasteiger partial charge in [-0.1, -0.05) is 6.92 Å². The summed E-state index contributed by atoms with van der Waals surface area (Å²) in [6, 6.07) is 3.57. The van der Waals surface area contributed by atoms with Crippen LogP contribution in [-0.2, 0) is 6.54 Å². The van der Waals surface area contributed by atoms with E-state index in [1.807, 2.05) is 0 Å². The van der Waals surface area contributed by atoms with E-state index in [0.29, 0.717) is 6.04 Å². The largest absolute Gasteiger partial charge is 0.354 e. The molecule has 2 unspecified atom stereocenters. The van der Waals surface area contributed by atoms with Crippen molar-refractivity contribution in [2.24, 2.45) is 5.92 Å². The molecule has 2 fully saturated rings. The third-order valence-corrected chi connectivity index (χ3v) is 5.01. The molecule has 1 N–H and O–H groups in total. The molecule has 0 aromatic carbocycles. The highest BCUT2D eigenvalue weighted by Gasteiger charge is 2.27. The van der Waals surface area contributed by atoms with Gasteiger partial charge in [-0.25, -0.2) is 4.98 Å². The molecule has 1 aliphatic heterocycles. The highest BCUT2D eigenvalue weighted by Crippen LogP contribution is 2.31. The zero-order chi connectivity index (χ0) is 15.0. The lowest BCUT2D eigenvalue weighted by Crippen LogP contribution is -2.41. The van der Waals surface area contributed by atoms with Gasteiger partial charge in [0.25, 0.3) is 0 Å². The Labute approximate surface area is 129 Å². The molecule has 1 aromatic heterocycles. The number of pyridine rings is 1. The molecular weight excluding hydrogens is 258 g/mol. The van der Waals surface area contributed by atoms with Crippen molar-refractivity contribution in [1.29, 1.82) is 0 Å². The third-order valence-electron chi connectivity index (χ3n) is 5.01. The van der Waals surface area contributed by atoms with Crippen LogP contribution in [0.15, 0.2) is 6.07 Å². The van der Waals surface area contributed by atoms with Gasteiger partial charge in [-0.05, 0) is 64.0 Å². The Bertz CT molecular complexity index is 507. The van der Waals surface area contributed by atoms with Gasteiger partial charge in [-0.2, -0.15) is 0 Å². The lowest BCUT2D eigenvalue weighted by atomic mass is 9.92. The number of aromatic nitrogens is 1. The van der Waals surface area contributed by atoms with Gasteiger partial charge in [0.1, 0.15) is 5.82 Å². The number of nitrogens with zero attached hydrogens (tertiary/aromatic N) is 2. The molecule has 116 valence electrons. The van der Waals surface area contributed by atoms with E-state index < -0.39 is 0 Å². The summed E-state index contributed by atoms with van der Waals surface area (Å²) in [5.41, 5.74) is 3.94. The molecule has 1 aliphatic carbocycles. The molecule has 1 saturated heterocycles. The van der Waals surface area contributed by atoms with E-state index in [-0.39, 0.29) is 0 Å². The van der Waals surface area contributed by atoms with Crippen LogP contribution < -0.4 is 10.2 Å². The second-order valence-corrected chi connectivity index (χ2v) is 7.21. The van der Waals surface area contributed by atoms with Crippen LogP contribution in [0.3, 0.4) is 0 Å². The molecule has 3 nitrogen and oxygen atoms in total. The van der Waals surface area contributed by atoms with Crippen molar-refractivity contribution in [3.8, 4) is 0 Å². The summed E-state index contributed by atoms with van der Waals surface area (Å²) >= 11 is 0. The Morgan fingerprint density at radius 3 is 2.67 bits per heavy atom. The van der Waals surface area contributed by atoms with Gasteiger partial charge in [0, 0.05) is 36.4 Å². The minimum Gasteiger partial charge on any atom is -0.354 e. The lowest BCUT2D eigenvalue weighted by molar-refractivity contribution is 0.375. The van der Waals surface area contributed by atoms with Gasteiger partial charge in [0.05, 0.1) is 0 Å². The van der Waals surface area contributed by atoms with Crippen LogP contribution in [-0.4, -0.2) is 23.6 Å². The van der Waals surface area contributed by atoms with Crippen molar-refractivity contribution >= 4 is 5.82 Å². The Kier molecular flexibility index (Phi) is 4.21. The molecule has 0 radical (unpaired) electrons. The molecule has 2 aliphatic rings. The van der Waals surface area contributed by atoms with E-state index in [9.17, 15) is 0 Å². The topological polar surface area (TPSA) is 28.2 Å². The maximum atomic E-state index is 4.92. The monoisotopic (exact) mass is 287 g/mol. The predicted molar refractivity (Wildman–Crippen MR) is 88.8 cm³/mol. The summed E-state index contributed by atoms with van der Waals surface area (Å²) < 4.78 is 0. The normalized spacial score (nSPS) is 26.2. The van der Waals surface area contributed by atoms with Crippen LogP contribution in [0.4, 0.5) is 5.82 Å². The summed E-state index contributed by atoms with van der Waals surface area (Å²) in [4.78, 5) is 7.46. The molecule has 21 heavy (non-hydrogen) atoms. The Morgan fingerprint density at radius 2 is 2.00 bits per heavy atom. The van der Waals surface area contributed by atoms with Crippen molar-refractivity contribution in [3.05, 3.63) is 22.9 Å². The van der Waals surface area contributed by atoms with Crippen molar-refractivity contribution in [3.63, 3.8) is 0 Å². The molecule has 0 amide bonds. The van der Waals surface area contributed by atoms with Crippen molar-refractivity contribution in [2.75, 3.05) is 11.4 Å². The third kappa shape index (κ3) is 3.39. The van der Waals surface area contributed by atoms with Gasteiger partial charge >= 0.3 is 0 Å². The van der Waals surface area contributed by atoms with Crippen LogP contribution in [0.25, 0.3) is 0 Å². The first kappa shape index (κ1) is 14.8. The molecule has 1 aromatic rings. The van der Waals surface area contributed by atoms with Gasteiger partial charge < -0.3 is 10.2 Å². The second kappa shape index (κ2) is 5.96. The van der Waals surface area contributed by atoms with Crippen LogP contribution in [0.1, 0.15) is 56.4 Å². The van der Waals surface area contributed by atoms with E-state index in [2.05, 4.69) is 44.0 Å². The van der Waals surface area contributed by atoms with Crippen LogP contribution in [0.2, 0.25) is 0 Å². The quantitative estimate of drug-likeness (QED) is 0.917.